The molecule has 3 rings (SSSR count). The van der Waals surface area contributed by atoms with Gasteiger partial charge in [0, 0.05) is 11.3 Å². The topological polar surface area (TPSA) is 32.3 Å². The van der Waals surface area contributed by atoms with E-state index in [0.717, 1.165) is 6.54 Å². The summed E-state index contributed by atoms with van der Waals surface area (Å²) in [5, 5.41) is 3.43. The molecule has 4 heteroatoms. The summed E-state index contributed by atoms with van der Waals surface area (Å²) in [6.45, 7) is 5.10. The minimum atomic E-state index is -0.0878. The second-order valence-electron chi connectivity index (χ2n) is 6.07. The average molecular weight is 290 g/mol. The van der Waals surface area contributed by atoms with E-state index in [1.165, 1.54) is 24.2 Å². The van der Waals surface area contributed by atoms with E-state index in [0.29, 0.717) is 0 Å². The summed E-state index contributed by atoms with van der Waals surface area (Å²) in [4.78, 5) is 14.5. The number of rotatable bonds is 3. The van der Waals surface area contributed by atoms with Crippen molar-refractivity contribution in [2.24, 2.45) is 0 Å². The minimum Gasteiger partial charge on any atom is -0.320 e. The summed E-state index contributed by atoms with van der Waals surface area (Å²) in [6.07, 6.45) is 2.50. The van der Waals surface area contributed by atoms with E-state index in [9.17, 15) is 4.79 Å². The van der Waals surface area contributed by atoms with Crippen LogP contribution in [0.15, 0.2) is 30.3 Å². The van der Waals surface area contributed by atoms with Gasteiger partial charge in [-0.15, -0.1) is 0 Å². The Morgan fingerprint density at radius 3 is 2.80 bits per heavy atom. The Morgan fingerprint density at radius 1 is 1.40 bits per heavy atom. The third kappa shape index (κ3) is 2.59. The number of benzene rings is 1. The lowest BCUT2D eigenvalue weighted by Crippen LogP contribution is -2.40. The molecule has 2 fully saturated rings. The van der Waals surface area contributed by atoms with Gasteiger partial charge in [-0.2, -0.15) is 11.8 Å². The Labute approximate surface area is 125 Å². The lowest BCUT2D eigenvalue weighted by atomic mass is 10.0. The predicted octanol–water partition coefficient (Wildman–Crippen LogP) is 2.79. The molecular weight excluding hydrogens is 268 g/mol. The van der Waals surface area contributed by atoms with Crippen LogP contribution in [-0.2, 0) is 4.79 Å². The monoisotopic (exact) mass is 290 g/mol. The van der Waals surface area contributed by atoms with E-state index in [1.807, 2.05) is 41.8 Å². The van der Waals surface area contributed by atoms with Gasteiger partial charge in [-0.3, -0.25) is 10.1 Å². The molecule has 2 aliphatic heterocycles. The molecule has 1 aromatic rings. The molecule has 3 atom stereocenters. The van der Waals surface area contributed by atoms with Crippen LogP contribution in [0.2, 0.25) is 0 Å². The van der Waals surface area contributed by atoms with Gasteiger partial charge in [0.25, 0.3) is 0 Å². The second kappa shape index (κ2) is 5.41. The number of carbonyl (C=O) groups is 1. The van der Waals surface area contributed by atoms with Crippen LogP contribution in [0.1, 0.15) is 38.4 Å². The van der Waals surface area contributed by atoms with Crippen molar-refractivity contribution >= 4 is 17.7 Å². The summed E-state index contributed by atoms with van der Waals surface area (Å²) in [5.41, 5.74) is 1.18. The summed E-state index contributed by atoms with van der Waals surface area (Å²) in [7, 11) is 0. The first-order valence-corrected chi connectivity index (χ1v) is 8.33. The van der Waals surface area contributed by atoms with Gasteiger partial charge in [0.15, 0.2) is 0 Å². The first-order valence-electron chi connectivity index (χ1n) is 7.34. The molecule has 0 aromatic heterocycles. The van der Waals surface area contributed by atoms with Gasteiger partial charge in [0.05, 0.1) is 6.04 Å². The highest BCUT2D eigenvalue weighted by atomic mass is 32.2. The standard InChI is InChI=1S/C16H22N2OS/c1-12-15(19)18(11-16(2)9-6-10-20-16)14(17-12)13-7-4-3-5-8-13/h3-5,7-8,12,14,17H,6,9-11H2,1-2H3. The van der Waals surface area contributed by atoms with Crippen LogP contribution in [0.5, 0.6) is 0 Å². The molecule has 0 saturated carbocycles. The SMILES string of the molecule is CC1NC(c2ccccc2)N(CC2(C)CCCS2)C1=O. The fourth-order valence-corrected chi connectivity index (χ4v) is 4.48. The van der Waals surface area contributed by atoms with Crippen molar-refractivity contribution in [3.63, 3.8) is 0 Å². The lowest BCUT2D eigenvalue weighted by molar-refractivity contribution is -0.130. The van der Waals surface area contributed by atoms with E-state index < -0.39 is 0 Å². The molecule has 2 heterocycles. The zero-order chi connectivity index (χ0) is 14.2. The molecule has 1 amide bonds. The lowest BCUT2D eigenvalue weighted by Gasteiger charge is -2.32. The van der Waals surface area contributed by atoms with Gasteiger partial charge in [-0.25, -0.2) is 0 Å². The Morgan fingerprint density at radius 2 is 2.15 bits per heavy atom. The molecule has 3 nitrogen and oxygen atoms in total. The van der Waals surface area contributed by atoms with Crippen LogP contribution in [0.3, 0.4) is 0 Å². The van der Waals surface area contributed by atoms with Crippen LogP contribution in [-0.4, -0.2) is 33.9 Å². The first kappa shape index (κ1) is 14.0. The van der Waals surface area contributed by atoms with Crippen molar-refractivity contribution in [1.29, 1.82) is 0 Å². The van der Waals surface area contributed by atoms with Crippen molar-refractivity contribution in [1.82, 2.24) is 10.2 Å². The summed E-state index contributed by atoms with van der Waals surface area (Å²) in [5.74, 6) is 1.45. The molecule has 2 aliphatic rings. The molecule has 20 heavy (non-hydrogen) atoms. The maximum Gasteiger partial charge on any atom is 0.241 e. The zero-order valence-corrected chi connectivity index (χ0v) is 13.0. The maximum atomic E-state index is 12.5. The van der Waals surface area contributed by atoms with Crippen molar-refractivity contribution in [2.45, 2.75) is 43.6 Å². The molecule has 1 aromatic carbocycles. The number of amides is 1. The molecule has 0 aliphatic carbocycles. The largest absolute Gasteiger partial charge is 0.320 e. The van der Waals surface area contributed by atoms with Gasteiger partial charge in [-0.05, 0) is 38.0 Å². The van der Waals surface area contributed by atoms with Gasteiger partial charge in [0.2, 0.25) is 5.91 Å². The third-order valence-electron chi connectivity index (χ3n) is 4.29. The molecule has 3 unspecified atom stereocenters. The van der Waals surface area contributed by atoms with Crippen molar-refractivity contribution in [3.05, 3.63) is 35.9 Å². The minimum absolute atomic E-state index is 0.0247. The quantitative estimate of drug-likeness (QED) is 0.929. The number of hydrogen-bond donors (Lipinski definition) is 1. The average Bonchev–Trinajstić information content (AvgIpc) is 2.99. The van der Waals surface area contributed by atoms with Crippen LogP contribution >= 0.6 is 11.8 Å². The van der Waals surface area contributed by atoms with Crippen LogP contribution in [0, 0.1) is 0 Å². The number of nitrogens with zero attached hydrogens (tertiary/aromatic N) is 1. The Hall–Kier alpha value is -1.00. The second-order valence-corrected chi connectivity index (χ2v) is 7.75. The Bertz CT molecular complexity index is 485. The van der Waals surface area contributed by atoms with E-state index in [1.54, 1.807) is 0 Å². The van der Waals surface area contributed by atoms with Crippen molar-refractivity contribution in [3.8, 4) is 0 Å². The summed E-state index contributed by atoms with van der Waals surface area (Å²) < 4.78 is 0.217. The van der Waals surface area contributed by atoms with Gasteiger partial charge >= 0.3 is 0 Å². The molecule has 0 spiro atoms. The zero-order valence-electron chi connectivity index (χ0n) is 12.1. The fourth-order valence-electron chi connectivity index (χ4n) is 3.18. The fraction of sp³-hybridized carbons (Fsp3) is 0.562. The van der Waals surface area contributed by atoms with Gasteiger partial charge in [-0.1, -0.05) is 30.3 Å². The number of hydrogen-bond acceptors (Lipinski definition) is 3. The van der Waals surface area contributed by atoms with Gasteiger partial charge < -0.3 is 4.90 Å². The van der Waals surface area contributed by atoms with Crippen molar-refractivity contribution in [2.75, 3.05) is 12.3 Å². The predicted molar refractivity (Wildman–Crippen MR) is 83.6 cm³/mol. The molecular formula is C16H22N2OS. The van der Waals surface area contributed by atoms with Crippen LogP contribution in [0.25, 0.3) is 0 Å². The van der Waals surface area contributed by atoms with E-state index in [-0.39, 0.29) is 22.9 Å². The first-order chi connectivity index (χ1) is 9.59. The van der Waals surface area contributed by atoms with Crippen LogP contribution in [0.4, 0.5) is 0 Å². The Kier molecular flexibility index (Phi) is 3.78. The van der Waals surface area contributed by atoms with E-state index in [2.05, 4.69) is 24.4 Å². The number of thioether (sulfide) groups is 1. The molecule has 108 valence electrons. The van der Waals surface area contributed by atoms with E-state index >= 15 is 0 Å². The third-order valence-corrected chi connectivity index (χ3v) is 5.82. The highest BCUT2D eigenvalue weighted by molar-refractivity contribution is 8.00. The summed E-state index contributed by atoms with van der Waals surface area (Å²) >= 11 is 2.01. The highest BCUT2D eigenvalue weighted by Crippen LogP contribution is 2.40. The van der Waals surface area contributed by atoms with E-state index in [4.69, 9.17) is 0 Å². The number of carbonyl (C=O) groups excluding carboxylic acids is 1. The molecule has 0 bridgehead atoms. The van der Waals surface area contributed by atoms with Gasteiger partial charge in [0.1, 0.15) is 6.17 Å². The summed E-state index contributed by atoms with van der Waals surface area (Å²) in [6, 6.07) is 10.2. The maximum absolute atomic E-state index is 12.5. The molecule has 1 N–H and O–H groups in total. The molecule has 0 radical (unpaired) electrons. The van der Waals surface area contributed by atoms with Crippen LogP contribution < -0.4 is 5.32 Å². The Balaban J connectivity index is 1.83. The normalized spacial score (nSPS) is 33.9. The molecule has 2 saturated heterocycles. The highest BCUT2D eigenvalue weighted by Gasteiger charge is 2.42. The number of nitrogens with one attached hydrogen (secondary N) is 1. The smallest absolute Gasteiger partial charge is 0.241 e. The van der Waals surface area contributed by atoms with Crippen molar-refractivity contribution < 1.29 is 4.79 Å².